The number of piperazine rings is 1. The van der Waals surface area contributed by atoms with Gasteiger partial charge in [0.2, 0.25) is 0 Å². The van der Waals surface area contributed by atoms with Gasteiger partial charge in [-0.3, -0.25) is 19.6 Å². The second-order valence-electron chi connectivity index (χ2n) is 10.1. The van der Waals surface area contributed by atoms with Crippen molar-refractivity contribution in [1.29, 1.82) is 0 Å². The minimum atomic E-state index is -0.188. The molecule has 4 aromatic rings. The Hall–Kier alpha value is -3.12. The highest BCUT2D eigenvalue weighted by atomic mass is 35.5. The molecule has 0 unspecified atom stereocenters. The van der Waals surface area contributed by atoms with Crippen LogP contribution in [0.5, 0.6) is 0 Å². The summed E-state index contributed by atoms with van der Waals surface area (Å²) < 4.78 is 0. The van der Waals surface area contributed by atoms with Gasteiger partial charge >= 0.3 is 0 Å². The van der Waals surface area contributed by atoms with Crippen molar-refractivity contribution in [3.05, 3.63) is 72.1 Å². The number of carbonyl (C=O) groups excluding carboxylic acids is 2. The number of benzene rings is 2. The number of nitrogens with zero attached hydrogens (tertiary/aromatic N) is 4. The van der Waals surface area contributed by atoms with Crippen LogP contribution >= 0.6 is 49.6 Å². The van der Waals surface area contributed by atoms with Gasteiger partial charge in [-0.15, -0.1) is 49.6 Å². The van der Waals surface area contributed by atoms with Gasteiger partial charge in [0.1, 0.15) is 0 Å². The zero-order chi connectivity index (χ0) is 27.9. The number of carbonyl (C=O) groups is 2. The highest BCUT2D eigenvalue weighted by Crippen LogP contribution is 2.23. The van der Waals surface area contributed by atoms with Gasteiger partial charge in [0.05, 0.1) is 33.5 Å². The molecule has 3 heterocycles. The van der Waals surface area contributed by atoms with E-state index in [-0.39, 0.29) is 61.4 Å². The molecule has 6 N–H and O–H groups in total. The standard InChI is InChI=1S/C30H36N8O2.4ClH/c31-27-21-7-1-3-9-25(21)35-19-23(27)29(39)33-11-5-13-37-15-17-38(18-16-37)14-6-12-34-30(40)24-20-36-26-10-4-2-8-22(26)28(24)32;;;;/h1-4,7-10,19-20H,5-6,11-18H2,(H2,31,35)(H2,32,36)(H,33,39)(H,34,40);4*1H. The summed E-state index contributed by atoms with van der Waals surface area (Å²) in [7, 11) is 0. The number of fused-ring (bicyclic) bond motifs is 2. The van der Waals surface area contributed by atoms with Crippen molar-refractivity contribution in [3.8, 4) is 0 Å². The fourth-order valence-corrected chi connectivity index (χ4v) is 5.12. The molecule has 0 saturated carbocycles. The minimum Gasteiger partial charge on any atom is -0.397 e. The summed E-state index contributed by atoms with van der Waals surface area (Å²) in [5.74, 6) is -0.376. The number of halogens is 4. The molecule has 2 aromatic heterocycles. The van der Waals surface area contributed by atoms with Crippen LogP contribution in [0.4, 0.5) is 11.4 Å². The highest BCUT2D eigenvalue weighted by molar-refractivity contribution is 6.07. The van der Waals surface area contributed by atoms with E-state index in [1.54, 1.807) is 12.4 Å². The number of hydrogen-bond acceptors (Lipinski definition) is 8. The molecule has 0 bridgehead atoms. The van der Waals surface area contributed by atoms with Gasteiger partial charge in [-0.1, -0.05) is 36.4 Å². The third-order valence-electron chi connectivity index (χ3n) is 7.46. The maximum absolute atomic E-state index is 12.6. The van der Waals surface area contributed by atoms with E-state index < -0.39 is 0 Å². The van der Waals surface area contributed by atoms with Gasteiger partial charge < -0.3 is 31.9 Å². The molecular formula is C30H40Cl4N8O2. The predicted octanol–water partition coefficient (Wildman–Crippen LogP) is 4.19. The summed E-state index contributed by atoms with van der Waals surface area (Å²) in [6.07, 6.45) is 4.83. The Labute approximate surface area is 282 Å². The van der Waals surface area contributed by atoms with Gasteiger partial charge in [0.25, 0.3) is 11.8 Å². The number of rotatable bonds is 10. The third kappa shape index (κ3) is 9.44. The van der Waals surface area contributed by atoms with Crippen molar-refractivity contribution >= 4 is 94.6 Å². The van der Waals surface area contributed by atoms with Crippen LogP contribution in [0.1, 0.15) is 33.6 Å². The smallest absolute Gasteiger partial charge is 0.254 e. The Morgan fingerprint density at radius 3 is 1.39 bits per heavy atom. The second kappa shape index (κ2) is 18.6. The molecule has 14 heteroatoms. The van der Waals surface area contributed by atoms with Gasteiger partial charge in [-0.25, -0.2) is 0 Å². The number of nitrogens with one attached hydrogen (secondary N) is 2. The molecule has 1 aliphatic rings. The molecule has 1 aliphatic heterocycles. The predicted molar refractivity (Wildman–Crippen MR) is 188 cm³/mol. The Bertz CT molecular complexity index is 1410. The fraction of sp³-hybridized carbons (Fsp3) is 0.333. The van der Waals surface area contributed by atoms with Gasteiger partial charge in [-0.2, -0.15) is 0 Å². The van der Waals surface area contributed by atoms with E-state index in [0.29, 0.717) is 35.6 Å². The lowest BCUT2D eigenvalue weighted by Gasteiger charge is -2.34. The van der Waals surface area contributed by atoms with E-state index in [2.05, 4.69) is 30.4 Å². The van der Waals surface area contributed by atoms with Crippen molar-refractivity contribution in [3.63, 3.8) is 0 Å². The van der Waals surface area contributed by atoms with Crippen LogP contribution < -0.4 is 22.1 Å². The Morgan fingerprint density at radius 1 is 0.636 bits per heavy atom. The number of hydrogen-bond donors (Lipinski definition) is 4. The average molecular weight is 687 g/mol. The van der Waals surface area contributed by atoms with Crippen molar-refractivity contribution in [2.24, 2.45) is 0 Å². The van der Waals surface area contributed by atoms with Gasteiger partial charge in [0.15, 0.2) is 0 Å². The van der Waals surface area contributed by atoms with Crippen LogP contribution in [-0.4, -0.2) is 83.9 Å². The van der Waals surface area contributed by atoms with Crippen molar-refractivity contribution < 1.29 is 9.59 Å². The van der Waals surface area contributed by atoms with Crippen LogP contribution in [0.25, 0.3) is 21.8 Å². The van der Waals surface area contributed by atoms with E-state index in [9.17, 15) is 9.59 Å². The molecule has 0 radical (unpaired) electrons. The highest BCUT2D eigenvalue weighted by Gasteiger charge is 2.18. The molecule has 240 valence electrons. The van der Waals surface area contributed by atoms with Crippen molar-refractivity contribution in [2.45, 2.75) is 12.8 Å². The molecule has 5 rings (SSSR count). The quantitative estimate of drug-likeness (QED) is 0.182. The first-order chi connectivity index (χ1) is 19.5. The van der Waals surface area contributed by atoms with E-state index in [1.807, 2.05) is 48.5 Å². The number of para-hydroxylation sites is 2. The summed E-state index contributed by atoms with van der Waals surface area (Å²) in [6.45, 7) is 6.97. The number of amides is 2. The van der Waals surface area contributed by atoms with Crippen molar-refractivity contribution in [2.75, 3.05) is 63.8 Å². The van der Waals surface area contributed by atoms with E-state index in [0.717, 1.165) is 73.9 Å². The maximum atomic E-state index is 12.6. The third-order valence-corrected chi connectivity index (χ3v) is 7.46. The SMILES string of the molecule is Cl.Cl.Cl.Cl.Nc1c(C(=O)NCCCN2CCN(CCCNC(=O)c3cnc4ccccc4c3N)CC2)cnc2ccccc12. The largest absolute Gasteiger partial charge is 0.397 e. The monoisotopic (exact) mass is 684 g/mol. The molecule has 0 atom stereocenters. The van der Waals surface area contributed by atoms with Crippen LogP contribution in [0.2, 0.25) is 0 Å². The van der Waals surface area contributed by atoms with Crippen molar-refractivity contribution in [1.82, 2.24) is 30.4 Å². The maximum Gasteiger partial charge on any atom is 0.254 e. The molecule has 2 aromatic carbocycles. The first-order valence-corrected chi connectivity index (χ1v) is 13.8. The molecule has 2 amide bonds. The fourth-order valence-electron chi connectivity index (χ4n) is 5.12. The number of nitrogens with two attached hydrogens (primary N) is 2. The molecule has 44 heavy (non-hydrogen) atoms. The minimum absolute atomic E-state index is 0. The van der Waals surface area contributed by atoms with Crippen LogP contribution in [0, 0.1) is 0 Å². The Balaban J connectivity index is 0.00000242. The summed E-state index contributed by atoms with van der Waals surface area (Å²) in [5, 5.41) is 7.54. The van der Waals surface area contributed by atoms with Crippen LogP contribution in [0.15, 0.2) is 60.9 Å². The lowest BCUT2D eigenvalue weighted by Crippen LogP contribution is -2.47. The second-order valence-corrected chi connectivity index (χ2v) is 10.1. The topological polar surface area (TPSA) is 142 Å². The molecule has 0 aliphatic carbocycles. The van der Waals surface area contributed by atoms with Crippen LogP contribution in [0.3, 0.4) is 0 Å². The van der Waals surface area contributed by atoms with Crippen LogP contribution in [-0.2, 0) is 0 Å². The summed E-state index contributed by atoms with van der Waals surface area (Å²) in [4.78, 5) is 38.8. The van der Waals surface area contributed by atoms with E-state index >= 15 is 0 Å². The molecule has 10 nitrogen and oxygen atoms in total. The number of aromatic nitrogens is 2. The zero-order valence-electron chi connectivity index (χ0n) is 24.2. The normalized spacial score (nSPS) is 13.1. The lowest BCUT2D eigenvalue weighted by molar-refractivity contribution is 0.0935. The average Bonchev–Trinajstić information content (AvgIpc) is 2.98. The summed E-state index contributed by atoms with van der Waals surface area (Å²) in [6, 6.07) is 15.1. The lowest BCUT2D eigenvalue weighted by atomic mass is 10.1. The Kier molecular flexibility index (Phi) is 16.5. The zero-order valence-corrected chi connectivity index (χ0v) is 27.5. The first kappa shape index (κ1) is 38.9. The number of anilines is 2. The van der Waals surface area contributed by atoms with E-state index in [1.165, 1.54) is 0 Å². The molecule has 1 fully saturated rings. The van der Waals surface area contributed by atoms with E-state index in [4.69, 9.17) is 11.5 Å². The number of pyridine rings is 2. The first-order valence-electron chi connectivity index (χ1n) is 13.8. The van der Waals surface area contributed by atoms with Gasteiger partial charge in [-0.05, 0) is 38.1 Å². The molecular weight excluding hydrogens is 646 g/mol. The number of nitrogen functional groups attached to an aromatic ring is 2. The Morgan fingerprint density at radius 2 is 1.00 bits per heavy atom. The summed E-state index contributed by atoms with van der Waals surface area (Å²) >= 11 is 0. The summed E-state index contributed by atoms with van der Waals surface area (Å²) in [5.41, 5.74) is 15.8. The molecule has 1 saturated heterocycles. The molecule has 0 spiro atoms. The van der Waals surface area contributed by atoms with Gasteiger partial charge in [0, 0.05) is 62.4 Å².